The van der Waals surface area contributed by atoms with E-state index in [-0.39, 0.29) is 17.0 Å². The minimum absolute atomic E-state index is 0.0350. The summed E-state index contributed by atoms with van der Waals surface area (Å²) in [6, 6.07) is 3.16. The lowest BCUT2D eigenvalue weighted by Gasteiger charge is -2.59. The van der Waals surface area contributed by atoms with Crippen molar-refractivity contribution < 1.29 is 13.6 Å². The second kappa shape index (κ2) is 5.29. The van der Waals surface area contributed by atoms with Crippen molar-refractivity contribution >= 4 is 5.91 Å². The predicted molar refractivity (Wildman–Crippen MR) is 83.9 cm³/mol. The molecule has 0 unspecified atom stereocenters. The van der Waals surface area contributed by atoms with Crippen LogP contribution in [0, 0.1) is 34.8 Å². The van der Waals surface area contributed by atoms with Gasteiger partial charge in [-0.15, -0.1) is 0 Å². The normalized spacial score (nSPS) is 36.0. The van der Waals surface area contributed by atoms with Crippen LogP contribution in [-0.4, -0.2) is 11.9 Å². The Kier molecular flexibility index (Phi) is 3.47. The van der Waals surface area contributed by atoms with Crippen LogP contribution in [0.25, 0.3) is 0 Å². The van der Waals surface area contributed by atoms with Crippen LogP contribution in [0.1, 0.15) is 55.8 Å². The summed E-state index contributed by atoms with van der Waals surface area (Å²) in [6.07, 6.45) is 7.62. The average molecular weight is 319 g/mol. The van der Waals surface area contributed by atoms with Crippen LogP contribution in [0.2, 0.25) is 0 Å². The number of nitrogens with one attached hydrogen (secondary N) is 1. The molecule has 4 saturated carbocycles. The lowest BCUT2D eigenvalue weighted by Crippen LogP contribution is -2.55. The lowest BCUT2D eigenvalue weighted by atomic mass is 9.48. The molecule has 124 valence electrons. The molecule has 4 heteroatoms. The summed E-state index contributed by atoms with van der Waals surface area (Å²) in [5.74, 6) is 0.550. The van der Waals surface area contributed by atoms with E-state index >= 15 is 0 Å². The standard InChI is InChI=1S/C19H23F2NO/c1-11(22-18(23)16-3-2-15(20)7-17(16)21)19-8-12-4-13(9-19)6-14(5-12)10-19/h2-3,7,11-14H,4-6,8-10H2,1H3,(H,22,23)/t11-,12?,13?,14?,19?/m1/s1. The molecule has 5 rings (SSSR count). The number of hydrogen-bond donors (Lipinski definition) is 1. The van der Waals surface area contributed by atoms with E-state index in [9.17, 15) is 13.6 Å². The van der Waals surface area contributed by atoms with Crippen molar-refractivity contribution in [3.63, 3.8) is 0 Å². The van der Waals surface area contributed by atoms with Crippen molar-refractivity contribution in [1.82, 2.24) is 5.32 Å². The van der Waals surface area contributed by atoms with Crippen molar-refractivity contribution in [2.75, 3.05) is 0 Å². The molecular weight excluding hydrogens is 296 g/mol. The monoisotopic (exact) mass is 319 g/mol. The van der Waals surface area contributed by atoms with Gasteiger partial charge in [-0.1, -0.05) is 0 Å². The van der Waals surface area contributed by atoms with E-state index in [1.54, 1.807) is 0 Å². The molecule has 1 atom stereocenters. The van der Waals surface area contributed by atoms with E-state index in [1.807, 2.05) is 0 Å². The van der Waals surface area contributed by atoms with Gasteiger partial charge in [0.25, 0.3) is 5.91 Å². The number of amides is 1. The fourth-order valence-corrected chi connectivity index (χ4v) is 5.81. The summed E-state index contributed by atoms with van der Waals surface area (Å²) in [7, 11) is 0. The van der Waals surface area contributed by atoms with Crippen LogP contribution >= 0.6 is 0 Å². The number of benzene rings is 1. The van der Waals surface area contributed by atoms with E-state index in [1.165, 1.54) is 44.6 Å². The van der Waals surface area contributed by atoms with Gasteiger partial charge in [-0.25, -0.2) is 8.78 Å². The highest BCUT2D eigenvalue weighted by Crippen LogP contribution is 2.61. The molecule has 0 radical (unpaired) electrons. The Hall–Kier alpha value is -1.45. The van der Waals surface area contributed by atoms with E-state index in [4.69, 9.17) is 0 Å². The highest BCUT2D eigenvalue weighted by Gasteiger charge is 2.53. The van der Waals surface area contributed by atoms with E-state index in [0.717, 1.165) is 29.9 Å². The minimum atomic E-state index is -0.791. The zero-order valence-electron chi connectivity index (χ0n) is 13.4. The van der Waals surface area contributed by atoms with Gasteiger partial charge in [0.2, 0.25) is 0 Å². The molecule has 2 nitrogen and oxygen atoms in total. The summed E-state index contributed by atoms with van der Waals surface area (Å²) >= 11 is 0. The lowest BCUT2D eigenvalue weighted by molar-refractivity contribution is -0.0688. The number of hydrogen-bond acceptors (Lipinski definition) is 1. The fraction of sp³-hybridized carbons (Fsp3) is 0.632. The van der Waals surface area contributed by atoms with Gasteiger partial charge < -0.3 is 5.32 Å². The van der Waals surface area contributed by atoms with Crippen LogP contribution in [0.15, 0.2) is 18.2 Å². The largest absolute Gasteiger partial charge is 0.349 e. The maximum atomic E-state index is 13.8. The van der Waals surface area contributed by atoms with Crippen LogP contribution in [0.4, 0.5) is 8.78 Å². The van der Waals surface area contributed by atoms with E-state index < -0.39 is 17.5 Å². The molecule has 1 aromatic rings. The van der Waals surface area contributed by atoms with Crippen molar-refractivity contribution in [1.29, 1.82) is 0 Å². The molecule has 4 fully saturated rings. The summed E-state index contributed by atoms with van der Waals surface area (Å²) in [5, 5.41) is 3.01. The SMILES string of the molecule is C[C@@H](NC(=O)c1ccc(F)cc1F)C12CC3CC(CC(C3)C1)C2. The van der Waals surface area contributed by atoms with E-state index in [2.05, 4.69) is 12.2 Å². The summed E-state index contributed by atoms with van der Waals surface area (Å²) in [5.41, 5.74) is 0.115. The Labute approximate surface area is 135 Å². The highest BCUT2D eigenvalue weighted by atomic mass is 19.1. The number of halogens is 2. The maximum Gasteiger partial charge on any atom is 0.254 e. The zero-order valence-corrected chi connectivity index (χ0v) is 13.4. The van der Waals surface area contributed by atoms with Crippen LogP contribution in [-0.2, 0) is 0 Å². The topological polar surface area (TPSA) is 29.1 Å². The number of carbonyl (C=O) groups excluding carboxylic acids is 1. The second-order valence-electron chi connectivity index (χ2n) is 8.10. The molecule has 0 aliphatic heterocycles. The molecule has 0 aromatic heterocycles. The molecule has 1 N–H and O–H groups in total. The van der Waals surface area contributed by atoms with Gasteiger partial charge in [-0.3, -0.25) is 4.79 Å². The third kappa shape index (κ3) is 2.56. The van der Waals surface area contributed by atoms with Gasteiger partial charge >= 0.3 is 0 Å². The van der Waals surface area contributed by atoms with Gasteiger partial charge in [0.1, 0.15) is 11.6 Å². The Morgan fingerprint density at radius 2 is 1.70 bits per heavy atom. The Bertz CT molecular complexity index is 607. The first-order chi connectivity index (χ1) is 10.9. The Morgan fingerprint density at radius 1 is 1.13 bits per heavy atom. The molecule has 0 saturated heterocycles. The maximum absolute atomic E-state index is 13.8. The number of carbonyl (C=O) groups is 1. The molecule has 4 aliphatic carbocycles. The van der Waals surface area contributed by atoms with Crippen molar-refractivity contribution in [3.8, 4) is 0 Å². The number of rotatable bonds is 3. The quantitative estimate of drug-likeness (QED) is 0.884. The molecular formula is C19H23F2NO. The summed E-state index contributed by atoms with van der Waals surface area (Å²) < 4.78 is 26.8. The van der Waals surface area contributed by atoms with Crippen LogP contribution < -0.4 is 5.32 Å². The van der Waals surface area contributed by atoms with Gasteiger partial charge in [0, 0.05) is 12.1 Å². The molecule has 0 heterocycles. The summed E-state index contributed by atoms with van der Waals surface area (Å²) in [4.78, 5) is 12.4. The van der Waals surface area contributed by atoms with Crippen LogP contribution in [0.5, 0.6) is 0 Å². The van der Waals surface area contributed by atoms with Gasteiger partial charge in [0.05, 0.1) is 5.56 Å². The zero-order chi connectivity index (χ0) is 16.2. The van der Waals surface area contributed by atoms with Crippen LogP contribution in [0.3, 0.4) is 0 Å². The average Bonchev–Trinajstić information content (AvgIpc) is 2.45. The Balaban J connectivity index is 1.51. The fourth-order valence-electron chi connectivity index (χ4n) is 5.81. The third-order valence-electron chi connectivity index (χ3n) is 6.53. The predicted octanol–water partition coefficient (Wildman–Crippen LogP) is 4.30. The van der Waals surface area contributed by atoms with Gasteiger partial charge in [0.15, 0.2) is 0 Å². The third-order valence-corrected chi connectivity index (χ3v) is 6.53. The first-order valence-electron chi connectivity index (χ1n) is 8.71. The van der Waals surface area contributed by atoms with Crippen molar-refractivity contribution in [3.05, 3.63) is 35.4 Å². The van der Waals surface area contributed by atoms with E-state index in [0.29, 0.717) is 0 Å². The molecule has 1 aromatic carbocycles. The molecule has 1 amide bonds. The van der Waals surface area contributed by atoms with Gasteiger partial charge in [-0.05, 0) is 80.8 Å². The second-order valence-corrected chi connectivity index (χ2v) is 8.10. The molecule has 23 heavy (non-hydrogen) atoms. The van der Waals surface area contributed by atoms with Crippen molar-refractivity contribution in [2.24, 2.45) is 23.2 Å². The molecule has 0 spiro atoms. The molecule has 4 bridgehead atoms. The van der Waals surface area contributed by atoms with Gasteiger partial charge in [-0.2, -0.15) is 0 Å². The highest BCUT2D eigenvalue weighted by molar-refractivity contribution is 5.94. The smallest absolute Gasteiger partial charge is 0.254 e. The Morgan fingerprint density at radius 3 is 2.22 bits per heavy atom. The first-order valence-corrected chi connectivity index (χ1v) is 8.71. The van der Waals surface area contributed by atoms with Crippen molar-refractivity contribution in [2.45, 2.75) is 51.5 Å². The molecule has 4 aliphatic rings. The first kappa shape index (κ1) is 15.1. The minimum Gasteiger partial charge on any atom is -0.349 e. The summed E-state index contributed by atoms with van der Waals surface area (Å²) in [6.45, 7) is 2.06.